The number of aliphatic hydroxyl groups excluding tert-OH is 4. The lowest BCUT2D eigenvalue weighted by Crippen LogP contribution is -2.60. The zero-order valence-electron chi connectivity index (χ0n) is 20.0. The molecule has 0 radical (unpaired) electrons. The molecule has 2 aliphatic carbocycles. The van der Waals surface area contributed by atoms with Crippen molar-refractivity contribution in [2.24, 2.45) is 22.7 Å². The Bertz CT molecular complexity index is 1060. The van der Waals surface area contributed by atoms with Crippen molar-refractivity contribution in [1.29, 1.82) is 0 Å². The fourth-order valence-electron chi connectivity index (χ4n) is 6.43. The van der Waals surface area contributed by atoms with Crippen LogP contribution in [0.5, 0.6) is 5.75 Å². The molecular weight excluding hydrogens is 438 g/mol. The summed E-state index contributed by atoms with van der Waals surface area (Å²) in [6.45, 7) is 5.73. The van der Waals surface area contributed by atoms with E-state index in [4.69, 9.17) is 9.15 Å². The molecule has 4 N–H and O–H groups in total. The van der Waals surface area contributed by atoms with Gasteiger partial charge in [-0.05, 0) is 62.0 Å². The van der Waals surface area contributed by atoms with Crippen molar-refractivity contribution < 1.29 is 29.6 Å². The summed E-state index contributed by atoms with van der Waals surface area (Å²) in [5.41, 5.74) is -1.39. The molecule has 0 aliphatic heterocycles. The van der Waals surface area contributed by atoms with E-state index in [-0.39, 0.29) is 30.4 Å². The number of pyridine rings is 1. The van der Waals surface area contributed by atoms with Gasteiger partial charge in [0.15, 0.2) is 0 Å². The molecule has 186 valence electrons. The quantitative estimate of drug-likeness (QED) is 0.503. The molecule has 2 fully saturated rings. The maximum Gasteiger partial charge on any atom is 0.345 e. The van der Waals surface area contributed by atoms with Crippen LogP contribution in [-0.2, 0) is 0 Å². The standard InChI is InChI=1S/C26H35NO7/c1-4-33-19-12-18(15-6-5-9-27-13-15)34-24(32)22(19)23(31)17-10-16(29)11-20-25(17,2)8-7-21(30)26(20,3)14-28/h5-6,9,12-13,16-17,20-21,23,28-31H,4,7-8,10-11,14H2,1-3H3/t16-,17?,20?,21+,23-,25-,26+/m1/s1. The molecular formula is C26H35NO7. The first-order valence-corrected chi connectivity index (χ1v) is 12.0. The summed E-state index contributed by atoms with van der Waals surface area (Å²) in [6.07, 6.45) is 2.30. The van der Waals surface area contributed by atoms with Gasteiger partial charge in [0.25, 0.3) is 0 Å². The van der Waals surface area contributed by atoms with Crippen molar-refractivity contribution in [3.8, 4) is 17.1 Å². The van der Waals surface area contributed by atoms with Crippen LogP contribution in [0.1, 0.15) is 58.1 Å². The number of fused-ring (bicyclic) bond motifs is 1. The van der Waals surface area contributed by atoms with E-state index in [9.17, 15) is 25.2 Å². The topological polar surface area (TPSA) is 133 Å². The average Bonchev–Trinajstić information content (AvgIpc) is 2.83. The molecule has 0 spiro atoms. The van der Waals surface area contributed by atoms with E-state index in [0.717, 1.165) is 0 Å². The fraction of sp³-hybridized carbons (Fsp3) is 0.615. The second-order valence-corrected chi connectivity index (χ2v) is 10.3. The highest BCUT2D eigenvalue weighted by Crippen LogP contribution is 2.62. The van der Waals surface area contributed by atoms with Gasteiger partial charge in [-0.2, -0.15) is 0 Å². The summed E-state index contributed by atoms with van der Waals surface area (Å²) >= 11 is 0. The summed E-state index contributed by atoms with van der Waals surface area (Å²) in [5, 5.41) is 43.3. The average molecular weight is 474 g/mol. The van der Waals surface area contributed by atoms with E-state index >= 15 is 0 Å². The molecule has 0 amide bonds. The summed E-state index contributed by atoms with van der Waals surface area (Å²) in [6, 6.07) is 5.10. The van der Waals surface area contributed by atoms with Crippen LogP contribution in [0.3, 0.4) is 0 Å². The van der Waals surface area contributed by atoms with Gasteiger partial charge in [0.1, 0.15) is 17.1 Å². The normalized spacial score (nSPS) is 34.3. The Balaban J connectivity index is 1.78. The fourth-order valence-corrected chi connectivity index (χ4v) is 6.43. The summed E-state index contributed by atoms with van der Waals surface area (Å²) in [5.74, 6) is -0.203. The highest BCUT2D eigenvalue weighted by Gasteiger charge is 2.60. The lowest BCUT2D eigenvalue weighted by molar-refractivity contribution is -0.195. The van der Waals surface area contributed by atoms with E-state index < -0.39 is 40.7 Å². The Kier molecular flexibility index (Phi) is 6.88. The number of hydrogen-bond donors (Lipinski definition) is 4. The second kappa shape index (κ2) is 9.41. The minimum atomic E-state index is -1.25. The van der Waals surface area contributed by atoms with E-state index in [0.29, 0.717) is 37.0 Å². The molecule has 2 unspecified atom stereocenters. The summed E-state index contributed by atoms with van der Waals surface area (Å²) in [7, 11) is 0. The lowest BCUT2D eigenvalue weighted by Gasteiger charge is -2.60. The largest absolute Gasteiger partial charge is 0.493 e. The Labute approximate surface area is 199 Å². The molecule has 4 rings (SSSR count). The predicted molar refractivity (Wildman–Crippen MR) is 125 cm³/mol. The Morgan fingerprint density at radius 1 is 1.29 bits per heavy atom. The van der Waals surface area contributed by atoms with E-state index in [2.05, 4.69) is 4.98 Å². The Hall–Kier alpha value is -2.26. The van der Waals surface area contributed by atoms with Crippen molar-refractivity contribution in [2.75, 3.05) is 13.2 Å². The molecule has 8 nitrogen and oxygen atoms in total. The molecule has 2 aromatic rings. The second-order valence-electron chi connectivity index (χ2n) is 10.3. The number of nitrogens with zero attached hydrogens (tertiary/aromatic N) is 1. The first kappa shape index (κ1) is 24.9. The summed E-state index contributed by atoms with van der Waals surface area (Å²) in [4.78, 5) is 17.3. The summed E-state index contributed by atoms with van der Waals surface area (Å²) < 4.78 is 11.4. The zero-order valence-corrected chi connectivity index (χ0v) is 20.0. The molecule has 2 aliphatic rings. The molecule has 0 bridgehead atoms. The van der Waals surface area contributed by atoms with Gasteiger partial charge in [0.05, 0.1) is 31.5 Å². The maximum absolute atomic E-state index is 13.2. The Morgan fingerprint density at radius 3 is 2.71 bits per heavy atom. The minimum Gasteiger partial charge on any atom is -0.493 e. The van der Waals surface area contributed by atoms with Gasteiger partial charge in [-0.25, -0.2) is 4.79 Å². The number of aromatic nitrogens is 1. The van der Waals surface area contributed by atoms with Gasteiger partial charge in [0, 0.05) is 29.4 Å². The van der Waals surface area contributed by atoms with Crippen LogP contribution >= 0.6 is 0 Å². The molecule has 0 aromatic carbocycles. The Morgan fingerprint density at radius 2 is 2.06 bits per heavy atom. The third-order valence-electron chi connectivity index (χ3n) is 8.40. The molecule has 8 heteroatoms. The molecule has 0 saturated heterocycles. The van der Waals surface area contributed by atoms with Gasteiger partial charge in [-0.3, -0.25) is 4.98 Å². The predicted octanol–water partition coefficient (Wildman–Crippen LogP) is 2.68. The maximum atomic E-state index is 13.2. The van der Waals surface area contributed by atoms with Crippen molar-refractivity contribution in [3.63, 3.8) is 0 Å². The smallest absolute Gasteiger partial charge is 0.345 e. The lowest BCUT2D eigenvalue weighted by atomic mass is 9.46. The van der Waals surface area contributed by atoms with E-state index in [1.807, 2.05) is 13.8 Å². The van der Waals surface area contributed by atoms with Crippen molar-refractivity contribution >= 4 is 0 Å². The monoisotopic (exact) mass is 473 g/mol. The van der Waals surface area contributed by atoms with Crippen LogP contribution in [0.25, 0.3) is 11.3 Å². The molecule has 7 atom stereocenters. The third-order valence-corrected chi connectivity index (χ3v) is 8.40. The minimum absolute atomic E-state index is 0.0328. The highest BCUT2D eigenvalue weighted by molar-refractivity contribution is 5.58. The van der Waals surface area contributed by atoms with Crippen LogP contribution in [0, 0.1) is 22.7 Å². The molecule has 2 aromatic heterocycles. The van der Waals surface area contributed by atoms with Crippen LogP contribution in [0.4, 0.5) is 0 Å². The zero-order chi connectivity index (χ0) is 24.7. The SMILES string of the molecule is CCOc1cc(-c2cccnc2)oc(=O)c1[C@H](O)C1C[C@@H](O)CC2[C@]1(C)CC[C@H](O)[C@@]2(C)CO. The van der Waals surface area contributed by atoms with Crippen molar-refractivity contribution in [3.05, 3.63) is 46.6 Å². The van der Waals surface area contributed by atoms with Crippen LogP contribution in [-0.4, -0.2) is 50.8 Å². The molecule has 2 heterocycles. The number of ether oxygens (including phenoxy) is 1. The van der Waals surface area contributed by atoms with Crippen molar-refractivity contribution in [1.82, 2.24) is 4.98 Å². The van der Waals surface area contributed by atoms with E-state index in [1.54, 1.807) is 37.5 Å². The van der Waals surface area contributed by atoms with E-state index in [1.165, 1.54) is 0 Å². The molecule has 34 heavy (non-hydrogen) atoms. The number of aliphatic hydroxyl groups is 4. The molecule has 2 saturated carbocycles. The van der Waals surface area contributed by atoms with Crippen LogP contribution in [0.2, 0.25) is 0 Å². The third kappa shape index (κ3) is 4.06. The number of rotatable bonds is 6. The van der Waals surface area contributed by atoms with Gasteiger partial charge < -0.3 is 29.6 Å². The van der Waals surface area contributed by atoms with Crippen LogP contribution < -0.4 is 10.4 Å². The number of hydrogen-bond acceptors (Lipinski definition) is 8. The highest BCUT2D eigenvalue weighted by atomic mass is 16.5. The van der Waals surface area contributed by atoms with Gasteiger partial charge in [-0.15, -0.1) is 0 Å². The first-order chi connectivity index (χ1) is 16.2. The van der Waals surface area contributed by atoms with Crippen LogP contribution in [0.15, 0.2) is 39.8 Å². The van der Waals surface area contributed by atoms with Gasteiger partial charge in [0.2, 0.25) is 0 Å². The van der Waals surface area contributed by atoms with Gasteiger partial charge in [-0.1, -0.05) is 13.8 Å². The first-order valence-electron chi connectivity index (χ1n) is 12.0. The van der Waals surface area contributed by atoms with Gasteiger partial charge >= 0.3 is 5.63 Å². The van der Waals surface area contributed by atoms with Crippen molar-refractivity contribution in [2.45, 2.75) is 64.8 Å².